The molecule has 1 fully saturated rings. The Morgan fingerprint density at radius 3 is 3.05 bits per heavy atom. The van der Waals surface area contributed by atoms with Gasteiger partial charge in [0.1, 0.15) is 0 Å². The fraction of sp³-hybridized carbons (Fsp3) is 0.643. The molecule has 0 saturated carbocycles. The van der Waals surface area contributed by atoms with E-state index >= 15 is 0 Å². The van der Waals surface area contributed by atoms with Crippen molar-refractivity contribution >= 4 is 21.8 Å². The second kappa shape index (κ2) is 7.10. The molecule has 0 aliphatic carbocycles. The molecule has 1 unspecified atom stereocenters. The van der Waals surface area contributed by atoms with Crippen LogP contribution in [0, 0.1) is 5.92 Å². The number of carbonyl (C=O) groups is 1. The van der Waals surface area contributed by atoms with Gasteiger partial charge in [0.25, 0.3) is 5.91 Å². The maximum Gasteiger partial charge on any atom is 0.258 e. The number of piperidine rings is 1. The summed E-state index contributed by atoms with van der Waals surface area (Å²) < 4.78 is 5.69. The van der Waals surface area contributed by atoms with Crippen molar-refractivity contribution in [2.75, 3.05) is 26.2 Å². The van der Waals surface area contributed by atoms with Crippen LogP contribution in [-0.2, 0) is 0 Å². The fourth-order valence-electron chi connectivity index (χ4n) is 2.55. The maximum absolute atomic E-state index is 12.5. The van der Waals surface area contributed by atoms with Crippen molar-refractivity contribution in [3.05, 3.63) is 22.6 Å². The highest BCUT2D eigenvalue weighted by molar-refractivity contribution is 9.10. The summed E-state index contributed by atoms with van der Waals surface area (Å²) in [5, 5.41) is 3.40. The van der Waals surface area contributed by atoms with Crippen LogP contribution in [0.15, 0.2) is 21.4 Å². The Balaban J connectivity index is 2.02. The van der Waals surface area contributed by atoms with Gasteiger partial charge in [-0.05, 0) is 60.3 Å². The monoisotopic (exact) mass is 328 g/mol. The van der Waals surface area contributed by atoms with Crippen LogP contribution in [0.4, 0.5) is 0 Å². The third-order valence-corrected chi connectivity index (χ3v) is 4.12. The third-order valence-electron chi connectivity index (χ3n) is 3.51. The molecular weight excluding hydrogens is 308 g/mol. The molecule has 0 spiro atoms. The van der Waals surface area contributed by atoms with Gasteiger partial charge in [0.05, 0.1) is 11.8 Å². The summed E-state index contributed by atoms with van der Waals surface area (Å²) in [4.78, 5) is 14.5. The molecule has 0 radical (unpaired) electrons. The van der Waals surface area contributed by atoms with E-state index < -0.39 is 0 Å². The highest BCUT2D eigenvalue weighted by Gasteiger charge is 2.23. The molecule has 1 aromatic rings. The Hall–Kier alpha value is -0.810. The SMILES string of the molecule is CCCN(CC1CCCNC1)C(=O)c1ccoc1Br. The first-order chi connectivity index (χ1) is 9.22. The molecule has 2 rings (SSSR count). The van der Waals surface area contributed by atoms with Crippen molar-refractivity contribution < 1.29 is 9.21 Å². The zero-order chi connectivity index (χ0) is 13.7. The molecule has 0 bridgehead atoms. The van der Waals surface area contributed by atoms with E-state index in [2.05, 4.69) is 28.2 Å². The Morgan fingerprint density at radius 2 is 2.47 bits per heavy atom. The second-order valence-corrected chi connectivity index (χ2v) is 5.79. The van der Waals surface area contributed by atoms with Crippen molar-refractivity contribution in [2.45, 2.75) is 26.2 Å². The number of hydrogen-bond acceptors (Lipinski definition) is 3. The first-order valence-electron chi connectivity index (χ1n) is 6.95. The lowest BCUT2D eigenvalue weighted by molar-refractivity contribution is 0.0717. The van der Waals surface area contributed by atoms with E-state index in [-0.39, 0.29) is 5.91 Å². The number of rotatable bonds is 5. The van der Waals surface area contributed by atoms with Crippen LogP contribution in [0.1, 0.15) is 36.5 Å². The quantitative estimate of drug-likeness (QED) is 0.903. The summed E-state index contributed by atoms with van der Waals surface area (Å²) in [6.45, 7) is 5.85. The smallest absolute Gasteiger partial charge is 0.258 e. The summed E-state index contributed by atoms with van der Waals surface area (Å²) in [7, 11) is 0. The highest BCUT2D eigenvalue weighted by Crippen LogP contribution is 2.21. The molecule has 19 heavy (non-hydrogen) atoms. The van der Waals surface area contributed by atoms with Gasteiger partial charge in [0, 0.05) is 13.1 Å². The normalized spacial score (nSPS) is 19.4. The molecule has 1 atom stereocenters. The summed E-state index contributed by atoms with van der Waals surface area (Å²) in [5.41, 5.74) is 0.622. The van der Waals surface area contributed by atoms with Gasteiger partial charge < -0.3 is 14.6 Å². The molecule has 1 saturated heterocycles. The largest absolute Gasteiger partial charge is 0.457 e. The summed E-state index contributed by atoms with van der Waals surface area (Å²) >= 11 is 3.28. The number of hydrogen-bond donors (Lipinski definition) is 1. The molecule has 2 heterocycles. The lowest BCUT2D eigenvalue weighted by Crippen LogP contribution is -2.41. The van der Waals surface area contributed by atoms with Crippen molar-refractivity contribution in [3.63, 3.8) is 0 Å². The number of amides is 1. The van der Waals surface area contributed by atoms with Crippen LogP contribution in [0.25, 0.3) is 0 Å². The molecule has 5 heteroatoms. The average Bonchev–Trinajstić information content (AvgIpc) is 2.85. The van der Waals surface area contributed by atoms with E-state index in [1.165, 1.54) is 12.8 Å². The van der Waals surface area contributed by atoms with Gasteiger partial charge in [-0.2, -0.15) is 0 Å². The molecule has 1 aliphatic heterocycles. The minimum atomic E-state index is 0.0630. The van der Waals surface area contributed by atoms with Crippen LogP contribution in [0.3, 0.4) is 0 Å². The molecule has 1 aromatic heterocycles. The van der Waals surface area contributed by atoms with E-state index in [9.17, 15) is 4.79 Å². The molecular formula is C14H21BrN2O2. The number of nitrogens with one attached hydrogen (secondary N) is 1. The molecule has 1 amide bonds. The highest BCUT2D eigenvalue weighted by atomic mass is 79.9. The van der Waals surface area contributed by atoms with Crippen LogP contribution in [-0.4, -0.2) is 37.0 Å². The van der Waals surface area contributed by atoms with Crippen molar-refractivity contribution in [2.24, 2.45) is 5.92 Å². The van der Waals surface area contributed by atoms with Gasteiger partial charge in [-0.25, -0.2) is 0 Å². The van der Waals surface area contributed by atoms with Gasteiger partial charge >= 0.3 is 0 Å². The fourth-order valence-corrected chi connectivity index (χ4v) is 2.96. The van der Waals surface area contributed by atoms with E-state index in [4.69, 9.17) is 4.42 Å². The van der Waals surface area contributed by atoms with E-state index in [0.717, 1.165) is 32.6 Å². The predicted molar refractivity (Wildman–Crippen MR) is 78.2 cm³/mol. The van der Waals surface area contributed by atoms with E-state index in [1.54, 1.807) is 12.3 Å². The van der Waals surface area contributed by atoms with Crippen molar-refractivity contribution in [1.29, 1.82) is 0 Å². The third kappa shape index (κ3) is 3.83. The van der Waals surface area contributed by atoms with Crippen LogP contribution in [0.2, 0.25) is 0 Å². The Labute approximate surface area is 122 Å². The van der Waals surface area contributed by atoms with Crippen LogP contribution in [0.5, 0.6) is 0 Å². The Kier molecular flexibility index (Phi) is 5.45. The number of carbonyl (C=O) groups excluding carboxylic acids is 1. The standard InChI is InChI=1S/C14H21BrN2O2/c1-2-7-17(10-11-4-3-6-16-9-11)14(18)12-5-8-19-13(12)15/h5,8,11,16H,2-4,6-7,9-10H2,1H3. The average molecular weight is 329 g/mol. The Bertz CT molecular complexity index is 413. The summed E-state index contributed by atoms with van der Waals surface area (Å²) in [5.74, 6) is 0.628. The van der Waals surface area contributed by atoms with Gasteiger partial charge in [0.2, 0.25) is 0 Å². The number of furan rings is 1. The second-order valence-electron chi connectivity index (χ2n) is 5.07. The zero-order valence-corrected chi connectivity index (χ0v) is 12.9. The minimum absolute atomic E-state index is 0.0630. The number of nitrogens with zero attached hydrogens (tertiary/aromatic N) is 1. The van der Waals surface area contributed by atoms with E-state index in [0.29, 0.717) is 16.2 Å². The van der Waals surface area contributed by atoms with Gasteiger partial charge in [-0.1, -0.05) is 6.92 Å². The topological polar surface area (TPSA) is 45.5 Å². The first kappa shape index (κ1) is 14.6. The van der Waals surface area contributed by atoms with Crippen molar-refractivity contribution in [1.82, 2.24) is 10.2 Å². The molecule has 0 aromatic carbocycles. The maximum atomic E-state index is 12.5. The van der Waals surface area contributed by atoms with Gasteiger partial charge in [-0.15, -0.1) is 0 Å². The van der Waals surface area contributed by atoms with Crippen LogP contribution >= 0.6 is 15.9 Å². The lowest BCUT2D eigenvalue weighted by atomic mass is 9.99. The minimum Gasteiger partial charge on any atom is -0.457 e. The van der Waals surface area contributed by atoms with E-state index in [1.807, 2.05) is 4.90 Å². The molecule has 106 valence electrons. The first-order valence-corrected chi connectivity index (χ1v) is 7.74. The Morgan fingerprint density at radius 1 is 1.63 bits per heavy atom. The summed E-state index contributed by atoms with van der Waals surface area (Å²) in [6.07, 6.45) is 4.92. The van der Waals surface area contributed by atoms with Gasteiger partial charge in [0.15, 0.2) is 4.67 Å². The predicted octanol–water partition coefficient (Wildman–Crippen LogP) is 2.89. The van der Waals surface area contributed by atoms with Gasteiger partial charge in [-0.3, -0.25) is 4.79 Å². The molecule has 4 nitrogen and oxygen atoms in total. The molecule has 1 N–H and O–H groups in total. The van der Waals surface area contributed by atoms with Crippen molar-refractivity contribution in [3.8, 4) is 0 Å². The lowest BCUT2D eigenvalue weighted by Gasteiger charge is -2.30. The molecule has 1 aliphatic rings. The number of halogens is 1. The zero-order valence-electron chi connectivity index (χ0n) is 11.3. The summed E-state index contributed by atoms with van der Waals surface area (Å²) in [6, 6.07) is 1.73. The van der Waals surface area contributed by atoms with Crippen LogP contribution < -0.4 is 5.32 Å².